The summed E-state index contributed by atoms with van der Waals surface area (Å²) in [6, 6.07) is 0. The maximum absolute atomic E-state index is 11.3. The van der Waals surface area contributed by atoms with Crippen LogP contribution in [0.5, 0.6) is 0 Å². The molecule has 2 nitrogen and oxygen atoms in total. The number of rotatable bonds is 5. The van der Waals surface area contributed by atoms with Crippen LogP contribution in [0.1, 0.15) is 126 Å². The Bertz CT molecular complexity index is 731. The summed E-state index contributed by atoms with van der Waals surface area (Å²) in [6.07, 6.45) is 15.7. The predicted octanol–water partition coefficient (Wildman–Crippen LogP) is 8.08. The zero-order valence-corrected chi connectivity index (χ0v) is 22.5. The highest BCUT2D eigenvalue weighted by atomic mass is 16.5. The van der Waals surface area contributed by atoms with Gasteiger partial charge >= 0.3 is 0 Å². The third-order valence-electron chi connectivity index (χ3n) is 11.3. The van der Waals surface area contributed by atoms with Crippen molar-refractivity contribution in [2.45, 2.75) is 143 Å². The first-order valence-electron chi connectivity index (χ1n) is 13.8. The van der Waals surface area contributed by atoms with Gasteiger partial charge in [0.15, 0.2) is 0 Å². The molecular formula is C30H52O2. The fourth-order valence-electron chi connectivity index (χ4n) is 9.80. The first-order chi connectivity index (χ1) is 14.7. The van der Waals surface area contributed by atoms with Crippen LogP contribution in [-0.4, -0.2) is 22.4 Å². The van der Waals surface area contributed by atoms with Crippen molar-refractivity contribution in [3.8, 4) is 0 Å². The Morgan fingerprint density at radius 3 is 2.22 bits per heavy atom. The lowest BCUT2D eigenvalue weighted by Crippen LogP contribution is -2.56. The van der Waals surface area contributed by atoms with E-state index in [1.807, 2.05) is 6.92 Å². The molecule has 1 heterocycles. The Morgan fingerprint density at radius 1 is 0.875 bits per heavy atom. The number of hydrogen-bond donors (Lipinski definition) is 1. The molecule has 0 radical (unpaired) electrons. The van der Waals surface area contributed by atoms with Gasteiger partial charge in [-0.25, -0.2) is 0 Å². The van der Waals surface area contributed by atoms with Gasteiger partial charge < -0.3 is 9.84 Å². The number of aliphatic hydroxyl groups is 1. The van der Waals surface area contributed by atoms with Crippen molar-refractivity contribution < 1.29 is 9.84 Å². The summed E-state index contributed by atoms with van der Waals surface area (Å²) in [4.78, 5) is 0. The van der Waals surface area contributed by atoms with Gasteiger partial charge in [-0.1, -0.05) is 45.8 Å². The fraction of sp³-hybridized carbons (Fsp3) is 0.933. The summed E-state index contributed by atoms with van der Waals surface area (Å²) >= 11 is 0. The average molecular weight is 445 g/mol. The summed E-state index contributed by atoms with van der Waals surface area (Å²) in [5, 5.41) is 11.3. The topological polar surface area (TPSA) is 29.5 Å². The molecule has 4 rings (SSSR count). The van der Waals surface area contributed by atoms with Crippen molar-refractivity contribution in [3.63, 3.8) is 0 Å². The van der Waals surface area contributed by atoms with Gasteiger partial charge in [0.25, 0.3) is 0 Å². The molecule has 0 bridgehead atoms. The van der Waals surface area contributed by atoms with Gasteiger partial charge in [0, 0.05) is 0 Å². The summed E-state index contributed by atoms with van der Waals surface area (Å²) in [7, 11) is 0. The SMILES string of the molecule is CC(C)=CCC[C@](C)(O)[C@@H]1CC[C@@](C)([C@H]2CC[C@@H]3[C@@]4(C)CCCC(C)(C)[C@@H]4CC[C@]32C)O1. The molecule has 184 valence electrons. The molecule has 0 aromatic carbocycles. The van der Waals surface area contributed by atoms with Crippen molar-refractivity contribution >= 4 is 0 Å². The highest BCUT2D eigenvalue weighted by molar-refractivity contribution is 5.15. The highest BCUT2D eigenvalue weighted by Gasteiger charge is 2.65. The minimum atomic E-state index is -0.736. The fourth-order valence-corrected chi connectivity index (χ4v) is 9.80. The summed E-state index contributed by atoms with van der Waals surface area (Å²) in [5.74, 6) is 2.33. The van der Waals surface area contributed by atoms with E-state index in [9.17, 15) is 5.11 Å². The van der Waals surface area contributed by atoms with E-state index in [4.69, 9.17) is 4.74 Å². The number of ether oxygens (including phenoxy) is 1. The second kappa shape index (κ2) is 8.11. The molecule has 0 amide bonds. The van der Waals surface area contributed by atoms with Crippen molar-refractivity contribution in [1.82, 2.24) is 0 Å². The van der Waals surface area contributed by atoms with Crippen LogP contribution in [0.4, 0.5) is 0 Å². The van der Waals surface area contributed by atoms with Crippen LogP contribution in [0.2, 0.25) is 0 Å². The molecule has 3 aliphatic carbocycles. The van der Waals surface area contributed by atoms with Gasteiger partial charge in [0.05, 0.1) is 17.3 Å². The van der Waals surface area contributed by atoms with Gasteiger partial charge in [-0.3, -0.25) is 0 Å². The van der Waals surface area contributed by atoms with E-state index in [0.29, 0.717) is 22.2 Å². The molecule has 1 aliphatic heterocycles. The molecule has 2 heteroatoms. The minimum Gasteiger partial charge on any atom is -0.387 e. The number of allylic oxidation sites excluding steroid dienone is 2. The molecule has 1 saturated heterocycles. The average Bonchev–Trinajstić information content (AvgIpc) is 3.23. The normalized spacial score (nSPS) is 47.4. The second-order valence-electron chi connectivity index (χ2n) is 14.3. The highest BCUT2D eigenvalue weighted by Crippen LogP contribution is 2.71. The van der Waals surface area contributed by atoms with E-state index in [0.717, 1.165) is 37.5 Å². The van der Waals surface area contributed by atoms with Crippen molar-refractivity contribution in [3.05, 3.63) is 11.6 Å². The Labute approximate surface area is 199 Å². The van der Waals surface area contributed by atoms with Gasteiger partial charge in [0.1, 0.15) is 0 Å². The molecule has 4 fully saturated rings. The van der Waals surface area contributed by atoms with Gasteiger partial charge in [0.2, 0.25) is 0 Å². The Hall–Kier alpha value is -0.340. The lowest BCUT2D eigenvalue weighted by atomic mass is 9.43. The van der Waals surface area contributed by atoms with E-state index < -0.39 is 5.60 Å². The summed E-state index contributed by atoms with van der Waals surface area (Å²) in [5.41, 5.74) is 1.89. The molecule has 1 N–H and O–H groups in total. The van der Waals surface area contributed by atoms with E-state index >= 15 is 0 Å². The standard InChI is InChI=1S/C30H52O2/c1-21(2)11-9-18-29(7,31)25-15-20-30(8,32-25)24-13-12-23-27(5)17-10-16-26(3,4)22(27)14-19-28(23,24)6/h11,22-25,31H,9-10,12-20H2,1-8H3/t22-,23+,24-,25-,27-,28+,29-,30-/m0/s1. The first-order valence-corrected chi connectivity index (χ1v) is 13.8. The quantitative estimate of drug-likeness (QED) is 0.434. The van der Waals surface area contributed by atoms with Crippen molar-refractivity contribution in [1.29, 1.82) is 0 Å². The molecule has 0 aromatic heterocycles. The van der Waals surface area contributed by atoms with Gasteiger partial charge in [-0.15, -0.1) is 0 Å². The Kier molecular flexibility index (Phi) is 6.28. The van der Waals surface area contributed by atoms with Crippen molar-refractivity contribution in [2.24, 2.45) is 34.0 Å². The maximum atomic E-state index is 11.3. The van der Waals surface area contributed by atoms with Crippen LogP contribution < -0.4 is 0 Å². The van der Waals surface area contributed by atoms with Crippen LogP contribution in [0.3, 0.4) is 0 Å². The smallest absolute Gasteiger partial charge is 0.0883 e. The summed E-state index contributed by atoms with van der Waals surface area (Å²) in [6.45, 7) is 19.1. The van der Waals surface area contributed by atoms with E-state index in [-0.39, 0.29) is 11.7 Å². The zero-order valence-electron chi connectivity index (χ0n) is 22.5. The predicted molar refractivity (Wildman–Crippen MR) is 135 cm³/mol. The lowest BCUT2D eigenvalue weighted by molar-refractivity contribution is -0.180. The van der Waals surface area contributed by atoms with E-state index in [1.54, 1.807) is 0 Å². The van der Waals surface area contributed by atoms with E-state index in [2.05, 4.69) is 54.5 Å². The molecule has 0 aromatic rings. The molecule has 8 atom stereocenters. The van der Waals surface area contributed by atoms with Gasteiger partial charge in [-0.2, -0.15) is 0 Å². The third kappa shape index (κ3) is 3.94. The number of fused-ring (bicyclic) bond motifs is 3. The van der Waals surface area contributed by atoms with E-state index in [1.165, 1.54) is 50.5 Å². The zero-order chi connectivity index (χ0) is 23.6. The van der Waals surface area contributed by atoms with Crippen LogP contribution >= 0.6 is 0 Å². The molecule has 3 saturated carbocycles. The lowest BCUT2D eigenvalue weighted by Gasteiger charge is -2.62. The van der Waals surface area contributed by atoms with Crippen LogP contribution in [0.15, 0.2) is 11.6 Å². The monoisotopic (exact) mass is 444 g/mol. The molecule has 0 unspecified atom stereocenters. The molecule has 32 heavy (non-hydrogen) atoms. The van der Waals surface area contributed by atoms with Crippen LogP contribution in [-0.2, 0) is 4.74 Å². The number of hydrogen-bond acceptors (Lipinski definition) is 2. The van der Waals surface area contributed by atoms with Crippen molar-refractivity contribution in [2.75, 3.05) is 0 Å². The van der Waals surface area contributed by atoms with Crippen LogP contribution in [0, 0.1) is 34.0 Å². The Balaban J connectivity index is 1.51. The first kappa shape index (κ1) is 24.8. The third-order valence-corrected chi connectivity index (χ3v) is 11.3. The maximum Gasteiger partial charge on any atom is 0.0883 e. The molecule has 4 aliphatic rings. The Morgan fingerprint density at radius 2 is 1.53 bits per heavy atom. The largest absolute Gasteiger partial charge is 0.387 e. The molecule has 0 spiro atoms. The minimum absolute atomic E-state index is 0.0266. The van der Waals surface area contributed by atoms with Crippen LogP contribution in [0.25, 0.3) is 0 Å². The van der Waals surface area contributed by atoms with Gasteiger partial charge in [-0.05, 0) is 126 Å². The second-order valence-corrected chi connectivity index (χ2v) is 14.3. The molecular weight excluding hydrogens is 392 g/mol. The summed E-state index contributed by atoms with van der Waals surface area (Å²) < 4.78 is 6.91.